The summed E-state index contributed by atoms with van der Waals surface area (Å²) >= 11 is 24.3. The van der Waals surface area contributed by atoms with Crippen LogP contribution in [0.1, 0.15) is 11.1 Å². The van der Waals surface area contributed by atoms with Gasteiger partial charge >= 0.3 is 7.69 Å². The molecule has 7 heteroatoms. The minimum absolute atomic E-state index is 0.318. The average Bonchev–Trinajstić information content (AvgIpc) is 2.46. The fourth-order valence-electron chi connectivity index (χ4n) is 1.60. The molecule has 21 heavy (non-hydrogen) atoms. The van der Waals surface area contributed by atoms with Crippen molar-refractivity contribution in [2.75, 3.05) is 0 Å². The Labute approximate surface area is 144 Å². The molecule has 1 radical (unpaired) electrons. The molecule has 0 aliphatic heterocycles. The third-order valence-electron chi connectivity index (χ3n) is 2.82. The number of aryl methyl sites for hydroxylation is 2. The van der Waals surface area contributed by atoms with Crippen molar-refractivity contribution in [1.82, 2.24) is 0 Å². The van der Waals surface area contributed by atoms with Crippen LogP contribution in [0.15, 0.2) is 24.3 Å². The van der Waals surface area contributed by atoms with Gasteiger partial charge in [0.25, 0.3) is 0 Å². The van der Waals surface area contributed by atoms with Crippen LogP contribution in [0.2, 0.25) is 20.1 Å². The maximum absolute atomic E-state index is 6.13. The van der Waals surface area contributed by atoms with Crippen molar-refractivity contribution in [3.05, 3.63) is 55.5 Å². The highest BCUT2D eigenvalue weighted by atomic mass is 35.5. The normalized spacial score (nSPS) is 10.4. The fraction of sp³-hybridized carbons (Fsp3) is 0.143. The molecule has 0 aliphatic carbocycles. The van der Waals surface area contributed by atoms with E-state index in [4.69, 9.17) is 55.7 Å². The lowest BCUT2D eigenvalue weighted by Crippen LogP contribution is -2.12. The summed E-state index contributed by atoms with van der Waals surface area (Å²) in [5.74, 6) is 0.636. The molecule has 2 rings (SSSR count). The van der Waals surface area contributed by atoms with Crippen LogP contribution >= 0.6 is 46.4 Å². The maximum Gasteiger partial charge on any atom is 0.658 e. The van der Waals surface area contributed by atoms with Gasteiger partial charge in [0.15, 0.2) is 0 Å². The molecule has 0 amide bonds. The summed E-state index contributed by atoms with van der Waals surface area (Å²) in [6.07, 6.45) is 0. The molecule has 2 aromatic rings. The zero-order chi connectivity index (χ0) is 15.6. The van der Waals surface area contributed by atoms with Gasteiger partial charge < -0.3 is 9.31 Å². The number of rotatable bonds is 4. The molecule has 0 bridgehead atoms. The lowest BCUT2D eigenvalue weighted by atomic mass is 10.2. The number of halogens is 4. The largest absolute Gasteiger partial charge is 0.658 e. The van der Waals surface area contributed by atoms with Gasteiger partial charge in [0.2, 0.25) is 0 Å². The minimum Gasteiger partial charge on any atom is -0.524 e. The first-order valence-corrected chi connectivity index (χ1v) is 7.47. The average molecular weight is 363 g/mol. The number of hydrogen-bond acceptors (Lipinski definition) is 2. The van der Waals surface area contributed by atoms with Gasteiger partial charge in [-0.1, -0.05) is 58.5 Å². The van der Waals surface area contributed by atoms with E-state index in [0.717, 1.165) is 18.8 Å². The van der Waals surface area contributed by atoms with Crippen molar-refractivity contribution in [1.29, 1.82) is 0 Å². The summed E-state index contributed by atoms with van der Waals surface area (Å²) in [4.78, 5) is 0. The van der Waals surface area contributed by atoms with Crippen molar-refractivity contribution in [2.24, 2.45) is 0 Å². The van der Waals surface area contributed by atoms with Gasteiger partial charge in [0.1, 0.15) is 11.5 Å². The highest BCUT2D eigenvalue weighted by Crippen LogP contribution is 2.37. The fourth-order valence-corrected chi connectivity index (χ4v) is 2.52. The first-order chi connectivity index (χ1) is 9.91. The van der Waals surface area contributed by atoms with E-state index < -0.39 is 0 Å². The first-order valence-electron chi connectivity index (χ1n) is 5.96. The van der Waals surface area contributed by atoms with Crippen LogP contribution < -0.4 is 9.31 Å². The second-order valence-corrected chi connectivity index (χ2v) is 5.92. The van der Waals surface area contributed by atoms with E-state index in [1.165, 1.54) is 0 Å². The SMILES string of the molecule is Cc1ccc(Cl)c(O[B]Oc2c(Cl)ccc(C)c2Cl)c1Cl. The Hall–Kier alpha value is -0.735. The van der Waals surface area contributed by atoms with Crippen LogP contribution in [0.25, 0.3) is 0 Å². The van der Waals surface area contributed by atoms with Gasteiger partial charge in [-0.05, 0) is 37.1 Å². The summed E-state index contributed by atoms with van der Waals surface area (Å²) in [7, 11) is 1.10. The summed E-state index contributed by atoms with van der Waals surface area (Å²) in [6, 6.07) is 6.98. The van der Waals surface area contributed by atoms with Crippen molar-refractivity contribution < 1.29 is 9.31 Å². The van der Waals surface area contributed by atoms with Crippen molar-refractivity contribution in [3.8, 4) is 11.5 Å². The molecule has 109 valence electrons. The van der Waals surface area contributed by atoms with E-state index in [2.05, 4.69) is 0 Å². The molecule has 0 aliphatic rings. The Morgan fingerprint density at radius 2 is 1.10 bits per heavy atom. The number of hydrogen-bond donors (Lipinski definition) is 0. The Bertz CT molecular complexity index is 619. The van der Waals surface area contributed by atoms with Gasteiger partial charge in [0.05, 0.1) is 20.1 Å². The number of benzene rings is 2. The molecule has 0 unspecified atom stereocenters. The molecular formula is C14H10BCl4O2. The Morgan fingerprint density at radius 1 is 0.714 bits per heavy atom. The molecule has 0 spiro atoms. The molecule has 0 heterocycles. The molecule has 0 atom stereocenters. The third kappa shape index (κ3) is 3.72. The topological polar surface area (TPSA) is 18.5 Å². The molecule has 0 aromatic heterocycles. The molecule has 0 N–H and O–H groups in total. The van der Waals surface area contributed by atoms with Gasteiger partial charge in [-0.3, -0.25) is 0 Å². The van der Waals surface area contributed by atoms with E-state index >= 15 is 0 Å². The van der Waals surface area contributed by atoms with Gasteiger partial charge in [-0.25, -0.2) is 0 Å². The van der Waals surface area contributed by atoms with E-state index in [0.29, 0.717) is 31.6 Å². The maximum atomic E-state index is 6.13. The molecule has 2 aromatic carbocycles. The van der Waals surface area contributed by atoms with Crippen LogP contribution in [-0.2, 0) is 0 Å². The predicted octanol–water partition coefficient (Wildman–Crippen LogP) is 5.91. The van der Waals surface area contributed by atoms with Crippen molar-refractivity contribution >= 4 is 54.1 Å². The Kier molecular flexibility index (Phi) is 5.56. The molecular weight excluding hydrogens is 353 g/mol. The lowest BCUT2D eigenvalue weighted by molar-refractivity contribution is 0.459. The van der Waals surface area contributed by atoms with Crippen molar-refractivity contribution in [3.63, 3.8) is 0 Å². The minimum atomic E-state index is 0.318. The van der Waals surface area contributed by atoms with Crippen LogP contribution in [0.4, 0.5) is 0 Å². The van der Waals surface area contributed by atoms with Gasteiger partial charge in [-0.15, -0.1) is 0 Å². The van der Waals surface area contributed by atoms with E-state index in [-0.39, 0.29) is 0 Å². The smallest absolute Gasteiger partial charge is 0.524 e. The predicted molar refractivity (Wildman–Crippen MR) is 89.4 cm³/mol. The van der Waals surface area contributed by atoms with E-state index in [9.17, 15) is 0 Å². The standard InChI is InChI=1S/C14H10BCl4O2/c1-7-3-5-9(16)13(11(7)18)20-15-21-14-10(17)6-4-8(2)12(14)19/h3-6H,1-2H3. The molecule has 0 saturated carbocycles. The highest BCUT2D eigenvalue weighted by molar-refractivity contribution is 6.39. The quantitative estimate of drug-likeness (QED) is 0.629. The van der Waals surface area contributed by atoms with E-state index in [1.54, 1.807) is 24.3 Å². The highest BCUT2D eigenvalue weighted by Gasteiger charge is 2.15. The van der Waals surface area contributed by atoms with Gasteiger partial charge in [-0.2, -0.15) is 0 Å². The van der Waals surface area contributed by atoms with Crippen molar-refractivity contribution in [2.45, 2.75) is 13.8 Å². The van der Waals surface area contributed by atoms with Gasteiger partial charge in [0, 0.05) is 0 Å². The zero-order valence-corrected chi connectivity index (χ0v) is 14.2. The van der Waals surface area contributed by atoms with Crippen LogP contribution in [0.5, 0.6) is 11.5 Å². The third-order valence-corrected chi connectivity index (χ3v) is 4.35. The summed E-state index contributed by atoms with van der Waals surface area (Å²) < 4.78 is 10.7. The van der Waals surface area contributed by atoms with E-state index in [1.807, 2.05) is 13.8 Å². The first kappa shape index (κ1) is 16.6. The Balaban J connectivity index is 2.13. The summed E-state index contributed by atoms with van der Waals surface area (Å²) in [6.45, 7) is 3.70. The second-order valence-electron chi connectivity index (χ2n) is 4.35. The lowest BCUT2D eigenvalue weighted by Gasteiger charge is -2.13. The van der Waals surface area contributed by atoms with Crippen LogP contribution in [-0.4, -0.2) is 7.69 Å². The Morgan fingerprint density at radius 3 is 1.48 bits per heavy atom. The van der Waals surface area contributed by atoms with Crippen LogP contribution in [0.3, 0.4) is 0 Å². The second kappa shape index (κ2) is 7.02. The monoisotopic (exact) mass is 361 g/mol. The summed E-state index contributed by atoms with van der Waals surface area (Å²) in [5.41, 5.74) is 1.69. The van der Waals surface area contributed by atoms with Crippen LogP contribution in [0, 0.1) is 13.8 Å². The zero-order valence-electron chi connectivity index (χ0n) is 11.2. The molecule has 0 fully saturated rings. The summed E-state index contributed by atoms with van der Waals surface area (Å²) in [5, 5.41) is 1.60. The molecule has 2 nitrogen and oxygen atoms in total. The molecule has 0 saturated heterocycles.